The summed E-state index contributed by atoms with van der Waals surface area (Å²) < 4.78 is 5.92. The first-order chi connectivity index (χ1) is 10.7. The molecule has 0 radical (unpaired) electrons. The minimum Gasteiger partial charge on any atom is -0.383 e. The number of thioether (sulfide) groups is 1. The second-order valence-electron chi connectivity index (χ2n) is 5.62. The summed E-state index contributed by atoms with van der Waals surface area (Å²) in [5.74, 6) is 0.680. The molecule has 1 unspecified atom stereocenters. The van der Waals surface area contributed by atoms with Crippen LogP contribution < -0.4 is 0 Å². The number of amides is 1. The lowest BCUT2D eigenvalue weighted by Crippen LogP contribution is -2.45. The molecule has 22 heavy (non-hydrogen) atoms. The number of carbonyl (C=O) groups is 1. The summed E-state index contributed by atoms with van der Waals surface area (Å²) in [5, 5.41) is 9.88. The van der Waals surface area contributed by atoms with E-state index in [0.717, 1.165) is 18.6 Å². The molecule has 2 rings (SSSR count). The molecule has 1 heterocycles. The van der Waals surface area contributed by atoms with Crippen LogP contribution in [0.2, 0.25) is 0 Å². The van der Waals surface area contributed by atoms with Crippen molar-refractivity contribution in [2.24, 2.45) is 0 Å². The second-order valence-corrected chi connectivity index (χ2v) is 6.60. The van der Waals surface area contributed by atoms with Crippen molar-refractivity contribution in [1.29, 1.82) is 0 Å². The van der Waals surface area contributed by atoms with Gasteiger partial charge < -0.3 is 14.7 Å². The normalized spacial score (nSPS) is 17.5. The van der Waals surface area contributed by atoms with Crippen LogP contribution >= 0.6 is 11.8 Å². The zero-order chi connectivity index (χ0) is 15.8. The summed E-state index contributed by atoms with van der Waals surface area (Å²) in [6.45, 7) is 1.97. The number of carbonyl (C=O) groups excluding carboxylic acids is 1. The summed E-state index contributed by atoms with van der Waals surface area (Å²) in [6, 6.07) is 10.1. The summed E-state index contributed by atoms with van der Waals surface area (Å²) in [4.78, 5) is 13.9. The van der Waals surface area contributed by atoms with Gasteiger partial charge in [0.1, 0.15) is 6.10 Å². The van der Waals surface area contributed by atoms with Crippen molar-refractivity contribution in [3.05, 3.63) is 35.9 Å². The smallest absolute Gasteiger partial charge is 0.251 e. The van der Waals surface area contributed by atoms with Crippen molar-refractivity contribution >= 4 is 17.7 Å². The molecule has 1 atom stereocenters. The van der Waals surface area contributed by atoms with E-state index in [0.29, 0.717) is 26.1 Å². The number of aliphatic hydroxyl groups excluding tert-OH is 1. The Morgan fingerprint density at radius 2 is 2.05 bits per heavy atom. The van der Waals surface area contributed by atoms with Gasteiger partial charge in [-0.1, -0.05) is 30.3 Å². The Kier molecular flexibility index (Phi) is 7.22. The molecule has 5 heteroatoms. The van der Waals surface area contributed by atoms with Crippen LogP contribution in [0.15, 0.2) is 30.3 Å². The molecular formula is C17H25NO3S. The van der Waals surface area contributed by atoms with Crippen molar-refractivity contribution in [2.45, 2.75) is 38.1 Å². The third-order valence-electron chi connectivity index (χ3n) is 3.96. The minimum absolute atomic E-state index is 0.129. The summed E-state index contributed by atoms with van der Waals surface area (Å²) >= 11 is 1.65. The summed E-state index contributed by atoms with van der Waals surface area (Å²) in [5.41, 5.74) is 1.17. The van der Waals surface area contributed by atoms with Crippen molar-refractivity contribution in [1.82, 2.24) is 4.90 Å². The zero-order valence-corrected chi connectivity index (χ0v) is 13.9. The van der Waals surface area contributed by atoms with E-state index in [1.54, 1.807) is 16.7 Å². The highest BCUT2D eigenvalue weighted by atomic mass is 32.2. The van der Waals surface area contributed by atoms with Crippen LogP contribution in [-0.4, -0.2) is 53.2 Å². The summed E-state index contributed by atoms with van der Waals surface area (Å²) in [7, 11) is 0. The van der Waals surface area contributed by atoms with E-state index in [1.165, 1.54) is 5.56 Å². The van der Waals surface area contributed by atoms with Gasteiger partial charge in [0.25, 0.3) is 5.91 Å². The van der Waals surface area contributed by atoms with Gasteiger partial charge in [-0.2, -0.15) is 11.8 Å². The van der Waals surface area contributed by atoms with Gasteiger partial charge in [-0.3, -0.25) is 4.79 Å². The highest BCUT2D eigenvalue weighted by Crippen LogP contribution is 2.17. The molecule has 1 fully saturated rings. The second kappa shape index (κ2) is 9.18. The van der Waals surface area contributed by atoms with Crippen LogP contribution in [0.4, 0.5) is 0 Å². The predicted octanol–water partition coefficient (Wildman–Crippen LogP) is 2.31. The van der Waals surface area contributed by atoms with Crippen LogP contribution in [0, 0.1) is 0 Å². The Morgan fingerprint density at radius 3 is 2.68 bits per heavy atom. The zero-order valence-electron chi connectivity index (χ0n) is 13.1. The summed E-state index contributed by atoms with van der Waals surface area (Å²) in [6.07, 6.45) is 3.54. The molecule has 1 saturated heterocycles. The average Bonchev–Trinajstić information content (AvgIpc) is 2.58. The van der Waals surface area contributed by atoms with Gasteiger partial charge >= 0.3 is 0 Å². The molecule has 1 aliphatic heterocycles. The lowest BCUT2D eigenvalue weighted by Gasteiger charge is -2.33. The molecule has 1 aromatic carbocycles. The van der Waals surface area contributed by atoms with E-state index in [2.05, 4.69) is 12.1 Å². The van der Waals surface area contributed by atoms with E-state index >= 15 is 0 Å². The molecule has 0 saturated carbocycles. The highest BCUT2D eigenvalue weighted by Gasteiger charge is 2.27. The molecule has 0 bridgehead atoms. The number of rotatable bonds is 7. The number of nitrogens with zero attached hydrogens (tertiary/aromatic N) is 1. The fourth-order valence-corrected chi connectivity index (χ4v) is 3.05. The molecule has 0 spiro atoms. The number of hydrogen-bond donors (Lipinski definition) is 1. The average molecular weight is 323 g/mol. The van der Waals surface area contributed by atoms with Crippen molar-refractivity contribution in [2.75, 3.05) is 25.1 Å². The predicted molar refractivity (Wildman–Crippen MR) is 89.8 cm³/mol. The molecule has 1 aliphatic rings. The van der Waals surface area contributed by atoms with Crippen LogP contribution in [0.3, 0.4) is 0 Å². The van der Waals surface area contributed by atoms with E-state index in [9.17, 15) is 9.90 Å². The third kappa shape index (κ3) is 5.30. The largest absolute Gasteiger partial charge is 0.383 e. The fourth-order valence-electron chi connectivity index (χ4n) is 2.59. The Balaban J connectivity index is 1.70. The molecule has 122 valence electrons. The third-order valence-corrected chi connectivity index (χ3v) is 4.61. The van der Waals surface area contributed by atoms with Crippen LogP contribution in [-0.2, 0) is 16.1 Å². The van der Waals surface area contributed by atoms with E-state index in [4.69, 9.17) is 4.74 Å². The molecule has 0 aromatic heterocycles. The maximum absolute atomic E-state index is 12.1. The molecule has 4 nitrogen and oxygen atoms in total. The van der Waals surface area contributed by atoms with E-state index in [1.807, 2.05) is 24.5 Å². The van der Waals surface area contributed by atoms with Crippen LogP contribution in [0.5, 0.6) is 0 Å². The molecule has 1 aromatic rings. The number of likely N-dealkylation sites (tertiary alicyclic amines) is 1. The Labute approximate surface area is 136 Å². The van der Waals surface area contributed by atoms with Gasteiger partial charge in [0.15, 0.2) is 0 Å². The number of benzene rings is 1. The van der Waals surface area contributed by atoms with E-state index < -0.39 is 6.10 Å². The SMILES string of the molecule is CSCCC(O)C(=O)N1CCC(OCc2ccccc2)CC1. The number of ether oxygens (including phenoxy) is 1. The fraction of sp³-hybridized carbons (Fsp3) is 0.588. The lowest BCUT2D eigenvalue weighted by atomic mass is 10.1. The first-order valence-electron chi connectivity index (χ1n) is 7.82. The molecular weight excluding hydrogens is 298 g/mol. The minimum atomic E-state index is -0.853. The van der Waals surface area contributed by atoms with Crippen LogP contribution in [0.1, 0.15) is 24.8 Å². The van der Waals surface area contributed by atoms with Gasteiger partial charge in [0.2, 0.25) is 0 Å². The van der Waals surface area contributed by atoms with Gasteiger partial charge in [-0.25, -0.2) is 0 Å². The van der Waals surface area contributed by atoms with Gasteiger partial charge in [-0.15, -0.1) is 0 Å². The number of piperidine rings is 1. The van der Waals surface area contributed by atoms with Crippen molar-refractivity contribution in [3.8, 4) is 0 Å². The van der Waals surface area contributed by atoms with E-state index in [-0.39, 0.29) is 12.0 Å². The monoisotopic (exact) mass is 323 g/mol. The van der Waals surface area contributed by atoms with Gasteiger partial charge in [-0.05, 0) is 36.8 Å². The Morgan fingerprint density at radius 1 is 1.36 bits per heavy atom. The van der Waals surface area contributed by atoms with Gasteiger partial charge in [0.05, 0.1) is 12.7 Å². The molecule has 1 amide bonds. The van der Waals surface area contributed by atoms with Crippen molar-refractivity contribution in [3.63, 3.8) is 0 Å². The quantitative estimate of drug-likeness (QED) is 0.836. The topological polar surface area (TPSA) is 49.8 Å². The molecule has 0 aliphatic carbocycles. The van der Waals surface area contributed by atoms with Crippen LogP contribution in [0.25, 0.3) is 0 Å². The molecule has 1 N–H and O–H groups in total. The first kappa shape index (κ1) is 17.3. The Hall–Kier alpha value is -1.04. The highest BCUT2D eigenvalue weighted by molar-refractivity contribution is 7.98. The first-order valence-corrected chi connectivity index (χ1v) is 9.21. The van der Waals surface area contributed by atoms with Gasteiger partial charge in [0, 0.05) is 13.1 Å². The lowest BCUT2D eigenvalue weighted by molar-refractivity contribution is -0.143. The maximum Gasteiger partial charge on any atom is 0.251 e. The maximum atomic E-state index is 12.1. The number of hydrogen-bond acceptors (Lipinski definition) is 4. The Bertz CT molecular complexity index is 446. The van der Waals surface area contributed by atoms with Crippen molar-refractivity contribution < 1.29 is 14.6 Å². The number of aliphatic hydroxyl groups is 1. The standard InChI is InChI=1S/C17H25NO3S/c1-22-12-9-16(19)17(20)18-10-7-15(8-11-18)21-13-14-5-3-2-4-6-14/h2-6,15-16,19H,7-13H2,1H3.